The van der Waals surface area contributed by atoms with Gasteiger partial charge in [-0.25, -0.2) is 0 Å². The van der Waals surface area contributed by atoms with E-state index >= 15 is 0 Å². The first-order valence-electron chi connectivity index (χ1n) is 6.99. The predicted octanol–water partition coefficient (Wildman–Crippen LogP) is 3.99. The van der Waals surface area contributed by atoms with Crippen molar-refractivity contribution in [2.45, 2.75) is 13.8 Å². The summed E-state index contributed by atoms with van der Waals surface area (Å²) in [6.07, 6.45) is 0. The third-order valence-electron chi connectivity index (χ3n) is 3.39. The molecule has 0 bridgehead atoms. The van der Waals surface area contributed by atoms with Crippen LogP contribution in [0.25, 0.3) is 21.5 Å². The number of rotatable bonds is 2. The fourth-order valence-electron chi connectivity index (χ4n) is 2.60. The minimum absolute atomic E-state index is 0.194. The van der Waals surface area contributed by atoms with E-state index < -0.39 is 11.9 Å². The summed E-state index contributed by atoms with van der Waals surface area (Å²) in [5.74, 6) is -0.971. The van der Waals surface area contributed by atoms with E-state index in [1.165, 1.54) is 13.8 Å². The Morgan fingerprint density at radius 3 is 1.61 bits per heavy atom. The Morgan fingerprint density at radius 2 is 1.22 bits per heavy atom. The summed E-state index contributed by atoms with van der Waals surface area (Å²) in [6, 6.07) is 11.9. The average Bonchev–Trinajstić information content (AvgIpc) is 2.46. The van der Waals surface area contributed by atoms with Gasteiger partial charge in [0.1, 0.15) is 11.5 Å². The summed E-state index contributed by atoms with van der Waals surface area (Å²) in [4.78, 5) is 22.5. The molecule has 0 unspecified atom stereocenters. The summed E-state index contributed by atoms with van der Waals surface area (Å²) in [5.41, 5.74) is 0. The van der Waals surface area contributed by atoms with E-state index in [1.807, 2.05) is 0 Å². The Kier molecular flexibility index (Phi) is 3.62. The standard InChI is InChI=1S/C18H13O5/c1-10(19)22-14-7-3-5-12-9-13-6-4-8-15(23-11(2)20)17(13)18(21)16(12)14/h3-9H,1-2H3. The second kappa shape index (κ2) is 5.61. The first kappa shape index (κ1) is 14.8. The van der Waals surface area contributed by atoms with Gasteiger partial charge in [-0.3, -0.25) is 14.7 Å². The number of esters is 2. The lowest BCUT2D eigenvalue weighted by molar-refractivity contribution is -0.132. The van der Waals surface area contributed by atoms with Crippen LogP contribution in [0, 0.1) is 0 Å². The minimum atomic E-state index is -0.509. The number of carbonyl (C=O) groups excluding carboxylic acids is 2. The molecule has 0 N–H and O–H groups in total. The molecule has 0 spiro atoms. The topological polar surface area (TPSA) is 72.5 Å². The van der Waals surface area contributed by atoms with Gasteiger partial charge in [0.2, 0.25) is 5.75 Å². The van der Waals surface area contributed by atoms with Crippen LogP contribution in [0.1, 0.15) is 13.8 Å². The quantitative estimate of drug-likeness (QED) is 0.407. The van der Waals surface area contributed by atoms with E-state index in [4.69, 9.17) is 9.47 Å². The van der Waals surface area contributed by atoms with Crippen LogP contribution in [-0.2, 0) is 14.7 Å². The molecule has 0 aromatic heterocycles. The maximum absolute atomic E-state index is 12.9. The van der Waals surface area contributed by atoms with Gasteiger partial charge in [0.25, 0.3) is 0 Å². The smallest absolute Gasteiger partial charge is 0.308 e. The van der Waals surface area contributed by atoms with Crippen molar-refractivity contribution in [1.82, 2.24) is 0 Å². The molecule has 0 atom stereocenters. The van der Waals surface area contributed by atoms with E-state index in [1.54, 1.807) is 42.5 Å². The molecular weight excluding hydrogens is 296 g/mol. The molecule has 5 nitrogen and oxygen atoms in total. The van der Waals surface area contributed by atoms with Gasteiger partial charge in [-0.15, -0.1) is 0 Å². The number of hydrogen-bond donors (Lipinski definition) is 0. The maximum atomic E-state index is 12.9. The van der Waals surface area contributed by atoms with Gasteiger partial charge in [-0.1, -0.05) is 24.3 Å². The second-order valence-electron chi connectivity index (χ2n) is 5.10. The van der Waals surface area contributed by atoms with Crippen LogP contribution in [0.3, 0.4) is 0 Å². The molecule has 0 heterocycles. The molecule has 0 fully saturated rings. The van der Waals surface area contributed by atoms with E-state index in [-0.39, 0.29) is 28.0 Å². The van der Waals surface area contributed by atoms with Crippen LogP contribution in [0.4, 0.5) is 0 Å². The molecule has 0 aliphatic heterocycles. The van der Waals surface area contributed by atoms with Crippen molar-refractivity contribution in [2.24, 2.45) is 0 Å². The largest absolute Gasteiger partial charge is 0.426 e. The van der Waals surface area contributed by atoms with Crippen molar-refractivity contribution in [2.75, 3.05) is 0 Å². The number of fused-ring (bicyclic) bond motifs is 2. The normalized spacial score (nSPS) is 10.7. The van der Waals surface area contributed by atoms with Crippen LogP contribution < -0.4 is 9.47 Å². The highest BCUT2D eigenvalue weighted by Gasteiger charge is 2.18. The summed E-state index contributed by atoms with van der Waals surface area (Å²) in [7, 11) is 0. The number of benzene rings is 3. The fourth-order valence-corrected chi connectivity index (χ4v) is 2.60. The highest BCUT2D eigenvalue weighted by molar-refractivity contribution is 6.10. The highest BCUT2D eigenvalue weighted by Crippen LogP contribution is 2.43. The van der Waals surface area contributed by atoms with Crippen molar-refractivity contribution in [3.05, 3.63) is 42.5 Å². The molecule has 1 radical (unpaired) electrons. The molecule has 3 aromatic rings. The van der Waals surface area contributed by atoms with Crippen LogP contribution in [0.2, 0.25) is 0 Å². The Labute approximate surface area is 132 Å². The molecule has 23 heavy (non-hydrogen) atoms. The van der Waals surface area contributed by atoms with Gasteiger partial charge in [-0.2, -0.15) is 0 Å². The lowest BCUT2D eigenvalue weighted by Crippen LogP contribution is -2.03. The van der Waals surface area contributed by atoms with E-state index in [2.05, 4.69) is 0 Å². The molecule has 0 aliphatic rings. The zero-order valence-corrected chi connectivity index (χ0v) is 12.6. The van der Waals surface area contributed by atoms with Crippen LogP contribution >= 0.6 is 0 Å². The molecule has 0 saturated heterocycles. The van der Waals surface area contributed by atoms with Gasteiger partial charge in [0.15, 0.2) is 0 Å². The number of carbonyl (C=O) groups is 2. The van der Waals surface area contributed by atoms with Crippen molar-refractivity contribution in [3.63, 3.8) is 0 Å². The maximum Gasteiger partial charge on any atom is 0.308 e. The second-order valence-corrected chi connectivity index (χ2v) is 5.10. The molecule has 0 saturated carbocycles. The van der Waals surface area contributed by atoms with Crippen LogP contribution in [0.15, 0.2) is 42.5 Å². The zero-order chi connectivity index (χ0) is 16.6. The first-order valence-corrected chi connectivity index (χ1v) is 6.99. The Bertz CT molecular complexity index is 869. The Morgan fingerprint density at radius 1 is 0.783 bits per heavy atom. The molecule has 3 rings (SSSR count). The third-order valence-corrected chi connectivity index (χ3v) is 3.39. The van der Waals surface area contributed by atoms with Gasteiger partial charge in [-0.05, 0) is 29.0 Å². The van der Waals surface area contributed by atoms with Crippen molar-refractivity contribution in [3.8, 4) is 17.2 Å². The minimum Gasteiger partial charge on any atom is -0.426 e. The highest BCUT2D eigenvalue weighted by atomic mass is 16.5. The summed E-state index contributed by atoms with van der Waals surface area (Å²) in [5, 5.41) is 14.8. The van der Waals surface area contributed by atoms with E-state index in [9.17, 15) is 14.7 Å². The monoisotopic (exact) mass is 309 g/mol. The molecule has 3 aromatic carbocycles. The van der Waals surface area contributed by atoms with Gasteiger partial charge < -0.3 is 9.47 Å². The van der Waals surface area contributed by atoms with Crippen LogP contribution in [0.5, 0.6) is 17.2 Å². The molecule has 0 amide bonds. The lowest BCUT2D eigenvalue weighted by atomic mass is 10.0. The van der Waals surface area contributed by atoms with Crippen LogP contribution in [-0.4, -0.2) is 11.9 Å². The SMILES string of the molecule is CC(=O)Oc1cccc2cc3cccc(OC(C)=O)c3c([O])c12. The van der Waals surface area contributed by atoms with Crippen molar-refractivity contribution < 1.29 is 24.2 Å². The molecule has 115 valence electrons. The van der Waals surface area contributed by atoms with E-state index in [0.29, 0.717) is 10.8 Å². The van der Waals surface area contributed by atoms with Gasteiger partial charge >= 0.3 is 11.9 Å². The van der Waals surface area contributed by atoms with Crippen molar-refractivity contribution >= 4 is 33.5 Å². The Hall–Kier alpha value is -3.08. The molecular formula is C18H13O5. The predicted molar refractivity (Wildman–Crippen MR) is 84.2 cm³/mol. The molecule has 5 heteroatoms. The average molecular weight is 309 g/mol. The summed E-state index contributed by atoms with van der Waals surface area (Å²) < 4.78 is 10.3. The fraction of sp³-hybridized carbons (Fsp3) is 0.111. The first-order chi connectivity index (χ1) is 11.0. The summed E-state index contributed by atoms with van der Waals surface area (Å²) in [6.45, 7) is 2.54. The van der Waals surface area contributed by atoms with Crippen molar-refractivity contribution in [1.29, 1.82) is 0 Å². The Balaban J connectivity index is 2.38. The lowest BCUT2D eigenvalue weighted by Gasteiger charge is -2.11. The third kappa shape index (κ3) is 2.68. The van der Waals surface area contributed by atoms with Gasteiger partial charge in [0, 0.05) is 13.8 Å². The molecule has 0 aliphatic carbocycles. The number of hydrogen-bond acceptors (Lipinski definition) is 4. The number of ether oxygens (including phenoxy) is 2. The zero-order valence-electron chi connectivity index (χ0n) is 12.6. The van der Waals surface area contributed by atoms with Gasteiger partial charge in [0.05, 0.1) is 10.8 Å². The summed E-state index contributed by atoms with van der Waals surface area (Å²) >= 11 is 0. The van der Waals surface area contributed by atoms with E-state index in [0.717, 1.165) is 0 Å².